The van der Waals surface area contributed by atoms with Crippen molar-refractivity contribution in [1.82, 2.24) is 10.6 Å². The highest BCUT2D eigenvalue weighted by molar-refractivity contribution is 5.80. The smallest absolute Gasteiger partial charge is 0.269 e. The van der Waals surface area contributed by atoms with Gasteiger partial charge < -0.3 is 15.4 Å². The summed E-state index contributed by atoms with van der Waals surface area (Å²) >= 11 is 0. The van der Waals surface area contributed by atoms with Crippen molar-refractivity contribution in [2.45, 2.75) is 39.3 Å². The van der Waals surface area contributed by atoms with Gasteiger partial charge in [-0.15, -0.1) is 0 Å². The lowest BCUT2D eigenvalue weighted by molar-refractivity contribution is -0.384. The highest BCUT2D eigenvalue weighted by atomic mass is 16.6. The van der Waals surface area contributed by atoms with Gasteiger partial charge in [-0.3, -0.25) is 10.1 Å². The number of non-ortho nitro benzene ring substituents is 1. The SMILES string of the molecule is COCCCNC(=NCc1ccc([N+](=O)[O-])cc1)NC(C)(C)C. The Morgan fingerprint density at radius 2 is 1.96 bits per heavy atom. The molecule has 0 aliphatic carbocycles. The maximum Gasteiger partial charge on any atom is 0.269 e. The average molecular weight is 322 g/mol. The van der Waals surface area contributed by atoms with Gasteiger partial charge in [-0.1, -0.05) is 12.1 Å². The van der Waals surface area contributed by atoms with Crippen molar-refractivity contribution in [2.75, 3.05) is 20.3 Å². The number of nitrogens with one attached hydrogen (secondary N) is 2. The van der Waals surface area contributed by atoms with Gasteiger partial charge in [0.1, 0.15) is 0 Å². The first kappa shape index (κ1) is 18.9. The van der Waals surface area contributed by atoms with Crippen LogP contribution in [0, 0.1) is 10.1 Å². The molecule has 2 N–H and O–H groups in total. The minimum absolute atomic E-state index is 0.0865. The maximum absolute atomic E-state index is 10.7. The molecule has 0 atom stereocenters. The molecule has 128 valence electrons. The van der Waals surface area contributed by atoms with Gasteiger partial charge in [0, 0.05) is 37.9 Å². The third-order valence-corrected chi connectivity index (χ3v) is 2.88. The van der Waals surface area contributed by atoms with Crippen LogP contribution in [0.5, 0.6) is 0 Å². The standard InChI is InChI=1S/C16H26N4O3/c1-16(2,3)19-15(17-10-5-11-23-4)18-12-13-6-8-14(9-7-13)20(21)22/h6-9H,5,10-12H2,1-4H3,(H2,17,18,19). The number of hydrogen-bond donors (Lipinski definition) is 2. The first-order valence-electron chi connectivity index (χ1n) is 7.60. The Labute approximate surface area is 137 Å². The number of aliphatic imine (C=N–C) groups is 1. The van der Waals surface area contributed by atoms with Crippen LogP contribution in [-0.2, 0) is 11.3 Å². The second-order valence-corrected chi connectivity index (χ2v) is 6.24. The Kier molecular flexibility index (Phi) is 7.47. The lowest BCUT2D eigenvalue weighted by atomic mass is 10.1. The van der Waals surface area contributed by atoms with Crippen molar-refractivity contribution in [3.05, 3.63) is 39.9 Å². The third-order valence-electron chi connectivity index (χ3n) is 2.88. The summed E-state index contributed by atoms with van der Waals surface area (Å²) in [6.07, 6.45) is 0.888. The number of nitrogens with zero attached hydrogens (tertiary/aromatic N) is 2. The molecule has 0 amide bonds. The number of rotatable bonds is 7. The Bertz CT molecular complexity index is 521. The van der Waals surface area contributed by atoms with E-state index in [-0.39, 0.29) is 11.2 Å². The van der Waals surface area contributed by atoms with Crippen LogP contribution in [0.2, 0.25) is 0 Å². The number of nitro benzene ring substituents is 1. The summed E-state index contributed by atoms with van der Waals surface area (Å²) in [4.78, 5) is 14.8. The van der Waals surface area contributed by atoms with E-state index in [1.807, 2.05) is 0 Å². The minimum atomic E-state index is -0.406. The Hall–Kier alpha value is -2.15. The molecular formula is C16H26N4O3. The number of hydrogen-bond acceptors (Lipinski definition) is 4. The molecule has 7 nitrogen and oxygen atoms in total. The van der Waals surface area contributed by atoms with Gasteiger partial charge >= 0.3 is 0 Å². The van der Waals surface area contributed by atoms with E-state index in [1.54, 1.807) is 19.2 Å². The van der Waals surface area contributed by atoms with E-state index in [9.17, 15) is 10.1 Å². The summed E-state index contributed by atoms with van der Waals surface area (Å²) < 4.78 is 5.03. The molecule has 7 heteroatoms. The zero-order valence-electron chi connectivity index (χ0n) is 14.3. The van der Waals surface area contributed by atoms with Crippen LogP contribution in [0.1, 0.15) is 32.8 Å². The molecule has 0 unspecified atom stereocenters. The first-order valence-corrected chi connectivity index (χ1v) is 7.60. The van der Waals surface area contributed by atoms with Crippen molar-refractivity contribution in [3.8, 4) is 0 Å². The second kappa shape index (κ2) is 9.09. The molecule has 0 spiro atoms. The fraction of sp³-hybridized carbons (Fsp3) is 0.562. The van der Waals surface area contributed by atoms with Gasteiger partial charge in [-0.2, -0.15) is 0 Å². The number of ether oxygens (including phenoxy) is 1. The molecule has 0 bridgehead atoms. The summed E-state index contributed by atoms with van der Waals surface area (Å²) in [7, 11) is 1.68. The quantitative estimate of drug-likeness (QED) is 0.265. The predicted molar refractivity (Wildman–Crippen MR) is 91.6 cm³/mol. The van der Waals surface area contributed by atoms with E-state index in [0.29, 0.717) is 19.1 Å². The number of guanidine groups is 1. The van der Waals surface area contributed by atoms with E-state index in [0.717, 1.165) is 18.5 Å². The molecular weight excluding hydrogens is 296 g/mol. The minimum Gasteiger partial charge on any atom is -0.385 e. The molecule has 1 aromatic rings. The van der Waals surface area contributed by atoms with E-state index in [1.165, 1.54) is 12.1 Å². The summed E-state index contributed by atoms with van der Waals surface area (Å²) in [5.41, 5.74) is 0.897. The van der Waals surface area contributed by atoms with Crippen molar-refractivity contribution < 1.29 is 9.66 Å². The van der Waals surface area contributed by atoms with E-state index < -0.39 is 4.92 Å². The van der Waals surface area contributed by atoms with Gasteiger partial charge in [0.05, 0.1) is 11.5 Å². The van der Waals surface area contributed by atoms with Crippen LogP contribution in [0.15, 0.2) is 29.3 Å². The van der Waals surface area contributed by atoms with E-state index in [4.69, 9.17) is 4.74 Å². The lowest BCUT2D eigenvalue weighted by Crippen LogP contribution is -2.48. The Balaban J connectivity index is 2.68. The average Bonchev–Trinajstić information content (AvgIpc) is 2.48. The molecule has 0 aliphatic rings. The van der Waals surface area contributed by atoms with Crippen LogP contribution in [0.3, 0.4) is 0 Å². The van der Waals surface area contributed by atoms with Gasteiger partial charge in [0.25, 0.3) is 5.69 Å². The van der Waals surface area contributed by atoms with Crippen LogP contribution in [0.25, 0.3) is 0 Å². The van der Waals surface area contributed by atoms with Crippen LogP contribution >= 0.6 is 0 Å². The third kappa shape index (κ3) is 8.15. The summed E-state index contributed by atoms with van der Waals surface area (Å²) in [5.74, 6) is 0.715. The largest absolute Gasteiger partial charge is 0.385 e. The van der Waals surface area contributed by atoms with Crippen LogP contribution in [0.4, 0.5) is 5.69 Å². The number of benzene rings is 1. The molecule has 0 heterocycles. The summed E-state index contributed by atoms with van der Waals surface area (Å²) in [6.45, 7) is 8.09. The van der Waals surface area contributed by atoms with Gasteiger partial charge in [0.15, 0.2) is 5.96 Å². The van der Waals surface area contributed by atoms with Crippen LogP contribution in [-0.4, -0.2) is 36.7 Å². The zero-order chi connectivity index (χ0) is 17.3. The molecule has 0 aromatic heterocycles. The monoisotopic (exact) mass is 322 g/mol. The number of methoxy groups -OCH3 is 1. The van der Waals surface area contributed by atoms with Crippen molar-refractivity contribution in [3.63, 3.8) is 0 Å². The summed E-state index contributed by atoms with van der Waals surface area (Å²) in [6, 6.07) is 6.43. The van der Waals surface area contributed by atoms with Gasteiger partial charge in [-0.25, -0.2) is 4.99 Å². The van der Waals surface area contributed by atoms with Gasteiger partial charge in [-0.05, 0) is 32.8 Å². The zero-order valence-corrected chi connectivity index (χ0v) is 14.3. The second-order valence-electron chi connectivity index (χ2n) is 6.24. The Morgan fingerprint density at radius 1 is 1.30 bits per heavy atom. The first-order chi connectivity index (χ1) is 10.8. The molecule has 0 fully saturated rings. The normalized spacial score (nSPS) is 12.1. The van der Waals surface area contributed by atoms with E-state index in [2.05, 4.69) is 36.4 Å². The topological polar surface area (TPSA) is 88.8 Å². The molecule has 0 radical (unpaired) electrons. The molecule has 1 rings (SSSR count). The maximum atomic E-state index is 10.7. The van der Waals surface area contributed by atoms with Crippen molar-refractivity contribution in [1.29, 1.82) is 0 Å². The molecule has 0 saturated carbocycles. The highest BCUT2D eigenvalue weighted by Crippen LogP contribution is 2.12. The van der Waals surface area contributed by atoms with Crippen LogP contribution < -0.4 is 10.6 Å². The molecule has 0 saturated heterocycles. The van der Waals surface area contributed by atoms with Crippen molar-refractivity contribution in [2.24, 2.45) is 4.99 Å². The van der Waals surface area contributed by atoms with Gasteiger partial charge in [0.2, 0.25) is 0 Å². The fourth-order valence-corrected chi connectivity index (χ4v) is 1.81. The molecule has 1 aromatic carbocycles. The Morgan fingerprint density at radius 3 is 2.48 bits per heavy atom. The fourth-order valence-electron chi connectivity index (χ4n) is 1.81. The highest BCUT2D eigenvalue weighted by Gasteiger charge is 2.12. The van der Waals surface area contributed by atoms with E-state index >= 15 is 0 Å². The lowest BCUT2D eigenvalue weighted by Gasteiger charge is -2.24. The molecule has 0 aliphatic heterocycles. The predicted octanol–water partition coefficient (Wildman–Crippen LogP) is 2.46. The number of nitro groups is 1. The van der Waals surface area contributed by atoms with Crippen molar-refractivity contribution >= 4 is 11.6 Å². The summed E-state index contributed by atoms with van der Waals surface area (Å²) in [5, 5.41) is 17.2. The molecule has 23 heavy (non-hydrogen) atoms.